The largest absolute Gasteiger partial charge is 0.345 e. The van der Waals surface area contributed by atoms with Gasteiger partial charge in [0.15, 0.2) is 0 Å². The molecular weight excluding hydrogens is 360 g/mol. The fraction of sp³-hybridized carbons (Fsp3) is 0. The lowest BCUT2D eigenvalue weighted by Crippen LogP contribution is -2.19. The first-order valence-corrected chi connectivity index (χ1v) is 8.56. The van der Waals surface area contributed by atoms with Crippen LogP contribution >= 0.6 is 24.4 Å². The molecule has 0 aromatic heterocycles. The fourth-order valence-electron chi connectivity index (χ4n) is 3.04. The molecule has 0 radical (unpaired) electrons. The van der Waals surface area contributed by atoms with Crippen molar-refractivity contribution in [1.29, 1.82) is 10.5 Å². The second-order valence-electron chi connectivity index (χ2n) is 5.79. The average molecular weight is 370 g/mol. The van der Waals surface area contributed by atoms with E-state index >= 15 is 0 Å². The minimum atomic E-state index is 0.598. The van der Waals surface area contributed by atoms with Gasteiger partial charge in [0.05, 0.1) is 34.7 Å². The predicted octanol–water partition coefficient (Wildman–Crippen LogP) is 3.41. The van der Waals surface area contributed by atoms with E-state index in [-0.39, 0.29) is 0 Å². The second-order valence-corrected chi connectivity index (χ2v) is 6.60. The summed E-state index contributed by atoms with van der Waals surface area (Å²) in [5.74, 6) is 0. The lowest BCUT2D eigenvalue weighted by atomic mass is 10.0. The Kier molecular flexibility index (Phi) is 3.85. The van der Waals surface area contributed by atoms with Crippen molar-refractivity contribution in [3.05, 3.63) is 81.9 Å². The molecule has 122 valence electrons. The Hall–Kier alpha value is -3.32. The minimum absolute atomic E-state index is 0.598. The summed E-state index contributed by atoms with van der Waals surface area (Å²) in [5, 5.41) is 24.4. The van der Waals surface area contributed by atoms with Crippen molar-refractivity contribution < 1.29 is 0 Å². The van der Waals surface area contributed by atoms with Crippen LogP contribution in [0.4, 0.5) is 0 Å². The Morgan fingerprint density at radius 2 is 0.962 bits per heavy atom. The van der Waals surface area contributed by atoms with E-state index in [9.17, 15) is 0 Å². The lowest BCUT2D eigenvalue weighted by Gasteiger charge is -2.09. The van der Waals surface area contributed by atoms with Crippen molar-refractivity contribution in [3.8, 4) is 12.1 Å². The molecule has 2 aromatic rings. The summed E-state index contributed by atoms with van der Waals surface area (Å²) in [7, 11) is 0. The first kappa shape index (κ1) is 16.2. The number of fused-ring (bicyclic) bond motifs is 1. The van der Waals surface area contributed by atoms with E-state index in [1.54, 1.807) is 24.3 Å². The van der Waals surface area contributed by atoms with Gasteiger partial charge in [-0.25, -0.2) is 0 Å². The maximum absolute atomic E-state index is 8.97. The van der Waals surface area contributed by atoms with Crippen molar-refractivity contribution in [2.75, 3.05) is 0 Å². The van der Waals surface area contributed by atoms with Crippen LogP contribution in [-0.2, 0) is 0 Å². The summed E-state index contributed by atoms with van der Waals surface area (Å²) in [6.07, 6.45) is 0. The van der Waals surface area contributed by atoms with Crippen molar-refractivity contribution in [3.63, 3.8) is 0 Å². The molecule has 0 amide bonds. The zero-order chi connectivity index (χ0) is 18.3. The van der Waals surface area contributed by atoms with Gasteiger partial charge in [0.2, 0.25) is 0 Å². The third-order valence-corrected chi connectivity index (χ3v) is 4.90. The number of hydrogen-bond donors (Lipinski definition) is 2. The number of nitrogens with zero attached hydrogens (tertiary/aromatic N) is 2. The molecule has 2 aliphatic heterocycles. The number of thiocarbonyl (C=S) groups is 2. The third-order valence-electron chi connectivity index (χ3n) is 4.29. The minimum Gasteiger partial charge on any atom is -0.345 e. The van der Waals surface area contributed by atoms with Gasteiger partial charge in [-0.05, 0) is 35.4 Å². The van der Waals surface area contributed by atoms with Crippen molar-refractivity contribution in [2.24, 2.45) is 0 Å². The Morgan fingerprint density at radius 3 is 1.27 bits per heavy atom. The monoisotopic (exact) mass is 370 g/mol. The van der Waals surface area contributed by atoms with Gasteiger partial charge >= 0.3 is 0 Å². The van der Waals surface area contributed by atoms with E-state index in [2.05, 4.69) is 22.8 Å². The normalized spacial score (nSPS) is 15.3. The van der Waals surface area contributed by atoms with Crippen LogP contribution in [0.2, 0.25) is 0 Å². The molecule has 4 rings (SSSR count). The quantitative estimate of drug-likeness (QED) is 0.790. The second kappa shape index (κ2) is 6.20. The highest BCUT2D eigenvalue weighted by Gasteiger charge is 2.36. The van der Waals surface area contributed by atoms with Crippen LogP contribution in [0.3, 0.4) is 0 Å². The van der Waals surface area contributed by atoms with Crippen LogP contribution in [0, 0.1) is 22.7 Å². The summed E-state index contributed by atoms with van der Waals surface area (Å²) in [6, 6.07) is 18.8. The van der Waals surface area contributed by atoms with E-state index < -0.39 is 0 Å². The van der Waals surface area contributed by atoms with Gasteiger partial charge in [0.1, 0.15) is 9.98 Å². The van der Waals surface area contributed by atoms with Gasteiger partial charge in [-0.2, -0.15) is 10.5 Å². The highest BCUT2D eigenvalue weighted by molar-refractivity contribution is 7.81. The van der Waals surface area contributed by atoms with Gasteiger partial charge in [-0.15, -0.1) is 0 Å². The molecule has 0 unspecified atom stereocenters. The molecule has 6 heteroatoms. The molecule has 0 spiro atoms. The molecule has 4 nitrogen and oxygen atoms in total. The van der Waals surface area contributed by atoms with Crippen LogP contribution in [0.5, 0.6) is 0 Å². The van der Waals surface area contributed by atoms with Crippen molar-refractivity contribution in [1.82, 2.24) is 10.6 Å². The average Bonchev–Trinajstić information content (AvgIpc) is 3.21. The molecule has 0 saturated heterocycles. The van der Waals surface area contributed by atoms with Crippen LogP contribution < -0.4 is 10.6 Å². The van der Waals surface area contributed by atoms with Crippen molar-refractivity contribution in [2.45, 2.75) is 0 Å². The molecular formula is C20H10N4S2. The number of benzene rings is 2. The van der Waals surface area contributed by atoms with Crippen LogP contribution in [0.15, 0.2) is 59.7 Å². The summed E-state index contributed by atoms with van der Waals surface area (Å²) in [4.78, 5) is 1.21. The van der Waals surface area contributed by atoms with E-state index in [0.717, 1.165) is 33.7 Å². The zero-order valence-corrected chi connectivity index (χ0v) is 15.0. The molecule has 0 atom stereocenters. The number of nitriles is 2. The molecule has 0 saturated carbocycles. The lowest BCUT2D eigenvalue weighted by molar-refractivity contribution is 1.32. The molecule has 2 N–H and O–H groups in total. The SMILES string of the molecule is N#Cc1ccc(C2=C3C(=S)NC(c4ccc(C#N)cc4)=C3C(=S)N2)cc1. The summed E-state index contributed by atoms with van der Waals surface area (Å²) in [5.41, 5.74) is 6.46. The molecule has 0 fully saturated rings. The van der Waals surface area contributed by atoms with Gasteiger partial charge in [0.25, 0.3) is 0 Å². The molecule has 2 heterocycles. The van der Waals surface area contributed by atoms with Gasteiger partial charge in [-0.1, -0.05) is 48.7 Å². The fourth-order valence-corrected chi connectivity index (χ4v) is 3.65. The smallest absolute Gasteiger partial charge is 0.113 e. The molecule has 26 heavy (non-hydrogen) atoms. The molecule has 2 aromatic carbocycles. The van der Waals surface area contributed by atoms with Crippen LogP contribution in [0.1, 0.15) is 22.3 Å². The van der Waals surface area contributed by atoms with E-state index in [1.807, 2.05) is 24.3 Å². The van der Waals surface area contributed by atoms with E-state index in [4.69, 9.17) is 35.0 Å². The summed E-state index contributed by atoms with van der Waals surface area (Å²) < 4.78 is 0. The maximum atomic E-state index is 8.97. The Morgan fingerprint density at radius 1 is 0.615 bits per heavy atom. The van der Waals surface area contributed by atoms with E-state index in [1.165, 1.54) is 0 Å². The molecule has 0 bridgehead atoms. The number of hydrogen-bond acceptors (Lipinski definition) is 4. The number of rotatable bonds is 2. The van der Waals surface area contributed by atoms with Crippen LogP contribution in [0.25, 0.3) is 11.4 Å². The maximum Gasteiger partial charge on any atom is 0.113 e. The van der Waals surface area contributed by atoms with Gasteiger partial charge in [-0.3, -0.25) is 0 Å². The topological polar surface area (TPSA) is 71.6 Å². The number of nitrogens with one attached hydrogen (secondary N) is 2. The highest BCUT2D eigenvalue weighted by Crippen LogP contribution is 2.38. The third kappa shape index (κ3) is 2.49. The summed E-state index contributed by atoms with van der Waals surface area (Å²) >= 11 is 11.1. The van der Waals surface area contributed by atoms with Crippen molar-refractivity contribution >= 4 is 45.8 Å². The molecule has 0 aliphatic carbocycles. The van der Waals surface area contributed by atoms with E-state index in [0.29, 0.717) is 21.1 Å². The van der Waals surface area contributed by atoms with Gasteiger partial charge in [0, 0.05) is 11.1 Å². The first-order valence-electron chi connectivity index (χ1n) is 7.75. The summed E-state index contributed by atoms with van der Waals surface area (Å²) in [6.45, 7) is 0. The Labute approximate surface area is 161 Å². The predicted molar refractivity (Wildman–Crippen MR) is 108 cm³/mol. The highest BCUT2D eigenvalue weighted by atomic mass is 32.1. The molecule has 2 aliphatic rings. The standard InChI is InChI=1S/C20H10N4S2/c21-9-11-1-5-13(6-2-11)17-15-16(20(26)23-17)18(24-19(15)25)14-7-3-12(10-22)4-8-14/h1-8H,(H,23,26)(H,24,25). The Bertz CT molecular complexity index is 1020. The van der Waals surface area contributed by atoms with Gasteiger partial charge < -0.3 is 10.6 Å². The van der Waals surface area contributed by atoms with Crippen LogP contribution in [-0.4, -0.2) is 9.98 Å². The first-order chi connectivity index (χ1) is 12.6. The zero-order valence-electron chi connectivity index (χ0n) is 13.3. The Balaban J connectivity index is 1.84.